The topological polar surface area (TPSA) is 26.3 Å². The fourth-order valence-corrected chi connectivity index (χ4v) is 1.25. The first-order chi connectivity index (χ1) is 6.40. The Balaban J connectivity index is 4.52. The number of ether oxygens (including phenoxy) is 1. The van der Waals surface area contributed by atoms with Crippen LogP contribution in [0.2, 0.25) is 0 Å². The van der Waals surface area contributed by atoms with Gasteiger partial charge in [-0.15, -0.1) is 0 Å². The van der Waals surface area contributed by atoms with Crippen LogP contribution in [0.1, 0.15) is 20.3 Å². The van der Waals surface area contributed by atoms with Crippen molar-refractivity contribution in [3.05, 3.63) is 22.4 Å². The van der Waals surface area contributed by atoms with Crippen LogP contribution in [0.5, 0.6) is 0 Å². The molecule has 0 spiro atoms. The summed E-state index contributed by atoms with van der Waals surface area (Å²) in [6, 6.07) is 0. The molecule has 80 valence electrons. The zero-order valence-electron chi connectivity index (χ0n) is 7.94. The molecule has 0 N–H and O–H groups in total. The average Bonchev–Trinajstić information content (AvgIpc) is 2.14. The van der Waals surface area contributed by atoms with Gasteiger partial charge in [0.1, 0.15) is 0 Å². The predicted molar refractivity (Wildman–Crippen MR) is 62.6 cm³/mol. The number of carbonyl (C=O) groups is 1. The summed E-state index contributed by atoms with van der Waals surface area (Å²) in [5.41, 5.74) is 0.273. The van der Waals surface area contributed by atoms with Crippen LogP contribution in [0.25, 0.3) is 0 Å². The van der Waals surface area contributed by atoms with Crippen molar-refractivity contribution < 1.29 is 9.53 Å². The van der Waals surface area contributed by atoms with Crippen LogP contribution < -0.4 is 0 Å². The summed E-state index contributed by atoms with van der Waals surface area (Å²) in [5, 5.41) is 0.173. The van der Waals surface area contributed by atoms with Crippen molar-refractivity contribution >= 4 is 45.1 Å². The second-order valence-corrected chi connectivity index (χ2v) is 4.52. The molecule has 0 aromatic rings. The molecule has 0 amide bonds. The van der Waals surface area contributed by atoms with E-state index in [0.29, 0.717) is 0 Å². The van der Waals surface area contributed by atoms with E-state index >= 15 is 0 Å². The summed E-state index contributed by atoms with van der Waals surface area (Å²) in [7, 11) is 0. The van der Waals surface area contributed by atoms with Gasteiger partial charge in [-0.05, 0) is 24.9 Å². The lowest BCUT2D eigenvalue weighted by Crippen LogP contribution is -2.06. The molecule has 0 aliphatic carbocycles. The van der Waals surface area contributed by atoms with Crippen LogP contribution in [0.4, 0.5) is 0 Å². The summed E-state index contributed by atoms with van der Waals surface area (Å²) in [6.45, 7) is 6.88. The minimum Gasteiger partial charge on any atom is -0.409 e. The van der Waals surface area contributed by atoms with Gasteiger partial charge in [0.25, 0.3) is 0 Å². The third-order valence-corrected chi connectivity index (χ3v) is 3.53. The maximum Gasteiger partial charge on any atom is 0.339 e. The van der Waals surface area contributed by atoms with Gasteiger partial charge in [0.2, 0.25) is 5.22 Å². The van der Waals surface area contributed by atoms with Crippen molar-refractivity contribution in [3.63, 3.8) is 0 Å². The van der Waals surface area contributed by atoms with E-state index in [0.717, 1.165) is 6.42 Å². The van der Waals surface area contributed by atoms with E-state index in [-0.39, 0.29) is 20.7 Å². The summed E-state index contributed by atoms with van der Waals surface area (Å²) in [5.74, 6) is -0.580. The second kappa shape index (κ2) is 6.49. The number of rotatable bonds is 4. The van der Waals surface area contributed by atoms with Crippen molar-refractivity contribution in [2.24, 2.45) is 0 Å². The molecule has 5 heteroatoms. The van der Waals surface area contributed by atoms with Gasteiger partial charge in [-0.2, -0.15) is 0 Å². The molecule has 0 aromatic carbocycles. The third kappa shape index (κ3) is 4.49. The molecule has 14 heavy (non-hydrogen) atoms. The zero-order valence-corrected chi connectivity index (χ0v) is 11.0. The number of carbonyl (C=O) groups excluding carboxylic acids is 1. The number of esters is 1. The molecule has 0 fully saturated rings. The molecular formula is C9H11BrCl2O2. The van der Waals surface area contributed by atoms with E-state index in [1.54, 1.807) is 0 Å². The highest BCUT2D eigenvalue weighted by Crippen LogP contribution is 2.26. The Morgan fingerprint density at radius 1 is 1.57 bits per heavy atom. The minimum atomic E-state index is -0.580. The lowest BCUT2D eigenvalue weighted by atomic mass is 10.3. The molecule has 0 aliphatic heterocycles. The number of hydrogen-bond donors (Lipinski definition) is 0. The van der Waals surface area contributed by atoms with E-state index in [1.807, 2.05) is 6.92 Å². The normalized spacial score (nSPS) is 14.4. The van der Waals surface area contributed by atoms with Crippen molar-refractivity contribution in [3.8, 4) is 0 Å². The second-order valence-electron chi connectivity index (χ2n) is 2.67. The Labute approximate surface area is 102 Å². The minimum absolute atomic E-state index is 0.102. The molecule has 0 rings (SSSR count). The summed E-state index contributed by atoms with van der Waals surface area (Å²) >= 11 is 14.8. The molecule has 2 nitrogen and oxygen atoms in total. The fraction of sp³-hybridized carbons (Fsp3) is 0.444. The molecule has 0 aliphatic rings. The Hall–Kier alpha value is 0.01000. The van der Waals surface area contributed by atoms with E-state index in [9.17, 15) is 4.79 Å². The fourth-order valence-electron chi connectivity index (χ4n) is 0.520. The summed E-state index contributed by atoms with van der Waals surface area (Å²) < 4.78 is 4.74. The maximum absolute atomic E-state index is 11.1. The van der Waals surface area contributed by atoms with Gasteiger partial charge in [-0.1, -0.05) is 41.0 Å². The Morgan fingerprint density at radius 2 is 2.07 bits per heavy atom. The third-order valence-electron chi connectivity index (χ3n) is 1.35. The number of alkyl halides is 1. The van der Waals surface area contributed by atoms with Crippen LogP contribution in [0, 0.1) is 0 Å². The van der Waals surface area contributed by atoms with Crippen LogP contribution in [-0.2, 0) is 9.53 Å². The molecule has 1 unspecified atom stereocenters. The van der Waals surface area contributed by atoms with E-state index in [2.05, 4.69) is 22.5 Å². The standard InChI is InChI=1S/C9H11BrCl2O2/c1-4-6(10)7(11)8(12)14-9(13)5(2)3/h6H,2,4H2,1,3H3. The molecule has 0 saturated carbocycles. The first-order valence-electron chi connectivity index (χ1n) is 3.97. The molecule has 1 atom stereocenters. The summed E-state index contributed by atoms with van der Waals surface area (Å²) in [6.07, 6.45) is 0.750. The van der Waals surface area contributed by atoms with Crippen LogP contribution >= 0.6 is 39.1 Å². The molecule has 0 radical (unpaired) electrons. The van der Waals surface area contributed by atoms with Crippen LogP contribution in [0.15, 0.2) is 22.4 Å². The first kappa shape index (κ1) is 14.0. The highest BCUT2D eigenvalue weighted by molar-refractivity contribution is 9.09. The van der Waals surface area contributed by atoms with Gasteiger partial charge >= 0.3 is 5.97 Å². The quantitative estimate of drug-likeness (QED) is 0.340. The van der Waals surface area contributed by atoms with Crippen LogP contribution in [-0.4, -0.2) is 10.8 Å². The average molecular weight is 302 g/mol. The maximum atomic E-state index is 11.1. The Kier molecular flexibility index (Phi) is 6.49. The zero-order chi connectivity index (χ0) is 11.3. The predicted octanol–water partition coefficient (Wildman–Crippen LogP) is 3.93. The van der Waals surface area contributed by atoms with Gasteiger partial charge < -0.3 is 4.74 Å². The van der Waals surface area contributed by atoms with E-state index in [1.165, 1.54) is 6.92 Å². The Bertz CT molecular complexity index is 274. The SMILES string of the molecule is C=C(C)C(=O)OC(Cl)=C(Cl)C(Br)CC. The molecule has 0 bridgehead atoms. The summed E-state index contributed by atoms with van der Waals surface area (Å²) in [4.78, 5) is 11.0. The molecule has 0 aromatic heterocycles. The van der Waals surface area contributed by atoms with E-state index < -0.39 is 5.97 Å². The number of allylic oxidation sites excluding steroid dienone is 1. The monoisotopic (exact) mass is 300 g/mol. The Morgan fingerprint density at radius 3 is 2.43 bits per heavy atom. The largest absolute Gasteiger partial charge is 0.409 e. The van der Waals surface area contributed by atoms with Crippen molar-refractivity contribution in [2.45, 2.75) is 25.1 Å². The first-order valence-corrected chi connectivity index (χ1v) is 5.64. The van der Waals surface area contributed by atoms with E-state index in [4.69, 9.17) is 27.9 Å². The van der Waals surface area contributed by atoms with Crippen molar-refractivity contribution in [1.82, 2.24) is 0 Å². The van der Waals surface area contributed by atoms with Crippen molar-refractivity contribution in [1.29, 1.82) is 0 Å². The smallest absolute Gasteiger partial charge is 0.339 e. The number of halogens is 3. The van der Waals surface area contributed by atoms with Gasteiger partial charge in [0.15, 0.2) is 0 Å². The van der Waals surface area contributed by atoms with Crippen molar-refractivity contribution in [2.75, 3.05) is 0 Å². The highest BCUT2D eigenvalue weighted by atomic mass is 79.9. The molecule has 0 saturated heterocycles. The number of hydrogen-bond acceptors (Lipinski definition) is 2. The van der Waals surface area contributed by atoms with Gasteiger partial charge in [-0.3, -0.25) is 0 Å². The van der Waals surface area contributed by atoms with Gasteiger partial charge in [0.05, 0.1) is 9.86 Å². The highest BCUT2D eigenvalue weighted by Gasteiger charge is 2.15. The van der Waals surface area contributed by atoms with Gasteiger partial charge in [0, 0.05) is 5.57 Å². The lowest BCUT2D eigenvalue weighted by Gasteiger charge is -2.08. The van der Waals surface area contributed by atoms with Gasteiger partial charge in [-0.25, -0.2) is 4.79 Å². The lowest BCUT2D eigenvalue weighted by molar-refractivity contribution is -0.134. The van der Waals surface area contributed by atoms with Crippen LogP contribution in [0.3, 0.4) is 0 Å². The molecular weight excluding hydrogens is 291 g/mol. The molecule has 0 heterocycles.